The molecule has 0 fully saturated rings. The van der Waals surface area contributed by atoms with Crippen LogP contribution in [0.4, 0.5) is 0 Å². The monoisotopic (exact) mass is 598 g/mol. The first-order valence-corrected chi connectivity index (χ1v) is 18.8. The highest BCUT2D eigenvalue weighted by atomic mass is 16.5. The molecular weight excluding hydrogens is 522 g/mol. The van der Waals surface area contributed by atoms with Crippen LogP contribution in [0.1, 0.15) is 194 Å². The van der Waals surface area contributed by atoms with Crippen molar-refractivity contribution >= 4 is 5.91 Å². The van der Waals surface area contributed by atoms with Crippen LogP contribution in [0.25, 0.3) is 0 Å². The first-order chi connectivity index (χ1) is 20.7. The highest BCUT2D eigenvalue weighted by molar-refractivity contribution is 5.78. The van der Waals surface area contributed by atoms with Gasteiger partial charge in [-0.1, -0.05) is 174 Å². The van der Waals surface area contributed by atoms with Gasteiger partial charge in [0.1, 0.15) is 0 Å². The number of carbonyl (C=O) groups is 1. The molecule has 5 nitrogen and oxygen atoms in total. The molecule has 3 N–H and O–H groups in total. The van der Waals surface area contributed by atoms with E-state index in [-0.39, 0.29) is 31.6 Å². The van der Waals surface area contributed by atoms with Gasteiger partial charge in [-0.3, -0.25) is 4.79 Å². The molecule has 42 heavy (non-hydrogen) atoms. The maximum atomic E-state index is 12.6. The lowest BCUT2D eigenvalue weighted by Gasteiger charge is -2.18. The second-order valence-corrected chi connectivity index (χ2v) is 13.0. The Morgan fingerprint density at radius 2 is 0.952 bits per heavy atom. The molecule has 0 saturated carbocycles. The number of hydrogen-bond donors (Lipinski definition) is 3. The summed E-state index contributed by atoms with van der Waals surface area (Å²) in [5.74, 6) is -0.208. The smallest absolute Gasteiger partial charge is 0.223 e. The first kappa shape index (κ1) is 41.4. The van der Waals surface area contributed by atoms with Crippen LogP contribution in [0, 0.1) is 5.92 Å². The fraction of sp³-hybridized carbons (Fsp3) is 0.973. The molecule has 0 heterocycles. The zero-order chi connectivity index (χ0) is 30.8. The molecular formula is C37H75NO4. The average Bonchev–Trinajstić information content (AvgIpc) is 2.99. The first-order valence-electron chi connectivity index (χ1n) is 18.8. The zero-order valence-corrected chi connectivity index (χ0v) is 28.5. The maximum absolute atomic E-state index is 12.6. The van der Waals surface area contributed by atoms with Crippen molar-refractivity contribution in [3.8, 4) is 0 Å². The van der Waals surface area contributed by atoms with Crippen LogP contribution in [0.2, 0.25) is 0 Å². The van der Waals surface area contributed by atoms with Gasteiger partial charge in [0.2, 0.25) is 5.91 Å². The standard InChI is InChI=1S/C37H75NO4/c1-3-5-7-9-11-13-15-17-18-20-22-24-26-28-32-42-34-36(40)33-38-37(41)35(30-31-39)29-27-25-23-21-19-16-14-12-10-8-6-4-2/h35-36,39-40H,3-34H2,1-2H3,(H,38,41). The fourth-order valence-electron chi connectivity index (χ4n) is 5.83. The number of carbonyl (C=O) groups excluding carboxylic acids is 1. The normalized spacial score (nSPS) is 13.0. The van der Waals surface area contributed by atoms with Crippen LogP contribution >= 0.6 is 0 Å². The van der Waals surface area contributed by atoms with Crippen molar-refractivity contribution in [3.63, 3.8) is 0 Å². The molecule has 0 aliphatic carbocycles. The number of aliphatic hydroxyl groups is 2. The number of ether oxygens (including phenoxy) is 1. The van der Waals surface area contributed by atoms with Crippen LogP contribution in [0.15, 0.2) is 0 Å². The highest BCUT2D eigenvalue weighted by Gasteiger charge is 2.18. The van der Waals surface area contributed by atoms with Gasteiger partial charge in [-0.15, -0.1) is 0 Å². The third-order valence-corrected chi connectivity index (χ3v) is 8.72. The van der Waals surface area contributed by atoms with E-state index in [1.54, 1.807) is 0 Å². The summed E-state index contributed by atoms with van der Waals surface area (Å²) in [5, 5.41) is 22.5. The van der Waals surface area contributed by atoms with Crippen LogP contribution < -0.4 is 5.32 Å². The largest absolute Gasteiger partial charge is 0.396 e. The van der Waals surface area contributed by atoms with Crippen molar-refractivity contribution in [1.82, 2.24) is 5.32 Å². The molecule has 5 heteroatoms. The minimum Gasteiger partial charge on any atom is -0.396 e. The number of nitrogens with one attached hydrogen (secondary N) is 1. The highest BCUT2D eigenvalue weighted by Crippen LogP contribution is 2.17. The molecule has 0 aromatic rings. The molecule has 0 bridgehead atoms. The predicted molar refractivity (Wildman–Crippen MR) is 181 cm³/mol. The van der Waals surface area contributed by atoms with E-state index in [4.69, 9.17) is 4.74 Å². The van der Waals surface area contributed by atoms with Gasteiger partial charge < -0.3 is 20.3 Å². The Morgan fingerprint density at radius 3 is 1.36 bits per heavy atom. The quantitative estimate of drug-likeness (QED) is 0.0635. The van der Waals surface area contributed by atoms with Gasteiger partial charge in [0.15, 0.2) is 0 Å². The van der Waals surface area contributed by atoms with Crippen LogP contribution in [-0.4, -0.2) is 48.6 Å². The SMILES string of the molecule is CCCCCCCCCCCCCCCCOCC(O)CNC(=O)C(CCO)CCCCCCCCCCCCCC. The van der Waals surface area contributed by atoms with E-state index in [0.717, 1.165) is 25.7 Å². The van der Waals surface area contributed by atoms with Crippen molar-refractivity contribution in [1.29, 1.82) is 0 Å². The van der Waals surface area contributed by atoms with E-state index in [2.05, 4.69) is 19.2 Å². The number of hydrogen-bond acceptors (Lipinski definition) is 4. The maximum Gasteiger partial charge on any atom is 0.223 e. The lowest BCUT2D eigenvalue weighted by Crippen LogP contribution is -2.38. The minimum atomic E-state index is -0.679. The van der Waals surface area contributed by atoms with Gasteiger partial charge in [0, 0.05) is 25.7 Å². The lowest BCUT2D eigenvalue weighted by atomic mass is 9.96. The van der Waals surface area contributed by atoms with E-state index in [0.29, 0.717) is 13.0 Å². The summed E-state index contributed by atoms with van der Waals surface area (Å²) in [6.07, 6.45) is 35.0. The number of rotatable bonds is 35. The van der Waals surface area contributed by atoms with Crippen LogP contribution in [0.3, 0.4) is 0 Å². The third-order valence-electron chi connectivity index (χ3n) is 8.72. The van der Waals surface area contributed by atoms with E-state index in [9.17, 15) is 15.0 Å². The summed E-state index contributed by atoms with van der Waals surface area (Å²) in [5.41, 5.74) is 0. The van der Waals surface area contributed by atoms with Gasteiger partial charge in [0.25, 0.3) is 0 Å². The Morgan fingerprint density at radius 1 is 0.571 bits per heavy atom. The van der Waals surface area contributed by atoms with E-state index in [1.807, 2.05) is 0 Å². The Balaban J connectivity index is 3.60. The Labute approximate surface area is 262 Å². The molecule has 0 saturated heterocycles. The Bertz CT molecular complexity index is 530. The molecule has 0 aromatic carbocycles. The number of aliphatic hydroxyl groups excluding tert-OH is 2. The molecule has 1 amide bonds. The van der Waals surface area contributed by atoms with Crippen LogP contribution in [-0.2, 0) is 9.53 Å². The third kappa shape index (κ3) is 30.8. The van der Waals surface area contributed by atoms with Gasteiger partial charge in [-0.25, -0.2) is 0 Å². The van der Waals surface area contributed by atoms with Crippen molar-refractivity contribution in [3.05, 3.63) is 0 Å². The Kier molecular flexibility index (Phi) is 34.3. The summed E-state index contributed by atoms with van der Waals surface area (Å²) in [6.45, 7) is 5.73. The van der Waals surface area contributed by atoms with Gasteiger partial charge in [0.05, 0.1) is 12.7 Å². The molecule has 0 aliphatic heterocycles. The molecule has 2 unspecified atom stereocenters. The zero-order valence-electron chi connectivity index (χ0n) is 28.5. The molecule has 0 aromatic heterocycles. The average molecular weight is 598 g/mol. The summed E-state index contributed by atoms with van der Waals surface area (Å²) in [6, 6.07) is 0. The molecule has 252 valence electrons. The topological polar surface area (TPSA) is 78.8 Å². The van der Waals surface area contributed by atoms with E-state index < -0.39 is 6.10 Å². The van der Waals surface area contributed by atoms with Crippen LogP contribution in [0.5, 0.6) is 0 Å². The summed E-state index contributed by atoms with van der Waals surface area (Å²) in [4.78, 5) is 12.6. The Hall–Kier alpha value is -0.650. The summed E-state index contributed by atoms with van der Waals surface area (Å²) in [7, 11) is 0. The van der Waals surface area contributed by atoms with Crippen molar-refractivity contribution in [2.45, 2.75) is 200 Å². The number of amides is 1. The van der Waals surface area contributed by atoms with Crippen molar-refractivity contribution < 1.29 is 19.7 Å². The van der Waals surface area contributed by atoms with Crippen molar-refractivity contribution in [2.24, 2.45) is 5.92 Å². The molecule has 0 spiro atoms. The second kappa shape index (κ2) is 34.8. The van der Waals surface area contributed by atoms with E-state index >= 15 is 0 Å². The van der Waals surface area contributed by atoms with Gasteiger partial charge >= 0.3 is 0 Å². The van der Waals surface area contributed by atoms with Gasteiger partial charge in [-0.2, -0.15) is 0 Å². The predicted octanol–water partition coefficient (Wildman–Crippen LogP) is 10.1. The minimum absolute atomic E-state index is 0.0290. The number of unbranched alkanes of at least 4 members (excludes halogenated alkanes) is 24. The molecule has 0 rings (SSSR count). The van der Waals surface area contributed by atoms with Gasteiger partial charge in [-0.05, 0) is 19.3 Å². The fourth-order valence-corrected chi connectivity index (χ4v) is 5.83. The molecule has 2 atom stereocenters. The summed E-state index contributed by atoms with van der Waals surface area (Å²) < 4.78 is 5.65. The molecule has 0 radical (unpaired) electrons. The van der Waals surface area contributed by atoms with Crippen molar-refractivity contribution in [2.75, 3.05) is 26.4 Å². The second-order valence-electron chi connectivity index (χ2n) is 13.0. The molecule has 0 aliphatic rings. The summed E-state index contributed by atoms with van der Waals surface area (Å²) >= 11 is 0. The lowest BCUT2D eigenvalue weighted by molar-refractivity contribution is -0.126. The van der Waals surface area contributed by atoms with E-state index in [1.165, 1.54) is 148 Å².